The van der Waals surface area contributed by atoms with E-state index in [9.17, 15) is 0 Å². The number of hydrogen-bond donors (Lipinski definition) is 2. The van der Waals surface area contributed by atoms with Gasteiger partial charge in [-0.2, -0.15) is 0 Å². The summed E-state index contributed by atoms with van der Waals surface area (Å²) < 4.78 is 0. The number of para-hydroxylation sites is 1. The van der Waals surface area contributed by atoms with Gasteiger partial charge in [0.2, 0.25) is 0 Å². The first-order valence-electron chi connectivity index (χ1n) is 7.51. The van der Waals surface area contributed by atoms with Crippen molar-refractivity contribution in [1.82, 2.24) is 5.32 Å². The van der Waals surface area contributed by atoms with Crippen molar-refractivity contribution in [2.45, 2.75) is 25.3 Å². The SMILES string of the molecule is c1ccc(Cc2ccccc2NCCNC2CC2)cc1. The molecule has 2 N–H and O–H groups in total. The molecule has 20 heavy (non-hydrogen) atoms. The predicted molar refractivity (Wildman–Crippen MR) is 85.2 cm³/mol. The van der Waals surface area contributed by atoms with E-state index in [-0.39, 0.29) is 0 Å². The van der Waals surface area contributed by atoms with Crippen LogP contribution in [0.1, 0.15) is 24.0 Å². The molecule has 0 saturated heterocycles. The summed E-state index contributed by atoms with van der Waals surface area (Å²) in [5, 5.41) is 7.09. The van der Waals surface area contributed by atoms with Crippen molar-refractivity contribution in [1.29, 1.82) is 0 Å². The fourth-order valence-electron chi connectivity index (χ4n) is 2.42. The second kappa shape index (κ2) is 6.58. The van der Waals surface area contributed by atoms with E-state index in [1.807, 2.05) is 0 Å². The van der Waals surface area contributed by atoms with Crippen LogP contribution in [0.25, 0.3) is 0 Å². The van der Waals surface area contributed by atoms with Crippen LogP contribution >= 0.6 is 0 Å². The van der Waals surface area contributed by atoms with Gasteiger partial charge in [0.25, 0.3) is 0 Å². The molecule has 2 aromatic rings. The zero-order chi connectivity index (χ0) is 13.6. The Bertz CT molecular complexity index is 532. The lowest BCUT2D eigenvalue weighted by molar-refractivity contribution is 0.701. The second-order valence-corrected chi connectivity index (χ2v) is 5.47. The molecule has 0 spiro atoms. The lowest BCUT2D eigenvalue weighted by Crippen LogP contribution is -2.24. The molecule has 0 amide bonds. The maximum Gasteiger partial charge on any atom is 0.0376 e. The summed E-state index contributed by atoms with van der Waals surface area (Å²) in [6.45, 7) is 2.03. The fourth-order valence-corrected chi connectivity index (χ4v) is 2.42. The molecule has 3 rings (SSSR count). The molecule has 0 radical (unpaired) electrons. The topological polar surface area (TPSA) is 24.1 Å². The maximum atomic E-state index is 3.55. The lowest BCUT2D eigenvalue weighted by atomic mass is 10.0. The number of benzene rings is 2. The third kappa shape index (κ3) is 3.84. The van der Waals surface area contributed by atoms with Gasteiger partial charge in [-0.05, 0) is 36.5 Å². The minimum atomic E-state index is 0.788. The van der Waals surface area contributed by atoms with Crippen molar-refractivity contribution >= 4 is 5.69 Å². The van der Waals surface area contributed by atoms with E-state index in [2.05, 4.69) is 65.2 Å². The van der Waals surface area contributed by atoms with Crippen LogP contribution in [0.3, 0.4) is 0 Å². The Labute approximate surface area is 121 Å². The van der Waals surface area contributed by atoms with Crippen LogP contribution < -0.4 is 10.6 Å². The Kier molecular flexibility index (Phi) is 4.34. The Balaban J connectivity index is 1.58. The van der Waals surface area contributed by atoms with Crippen LogP contribution in [0.2, 0.25) is 0 Å². The standard InChI is InChI=1S/C18H22N2/c1-2-6-15(7-3-1)14-16-8-4-5-9-18(16)20-13-12-19-17-10-11-17/h1-9,17,19-20H,10-14H2. The molecular formula is C18H22N2. The van der Waals surface area contributed by atoms with E-state index in [1.54, 1.807) is 0 Å². The molecule has 1 saturated carbocycles. The van der Waals surface area contributed by atoms with Crippen LogP contribution in [0.5, 0.6) is 0 Å². The second-order valence-electron chi connectivity index (χ2n) is 5.47. The van der Waals surface area contributed by atoms with Gasteiger partial charge in [-0.1, -0.05) is 48.5 Å². The van der Waals surface area contributed by atoms with Gasteiger partial charge < -0.3 is 10.6 Å². The van der Waals surface area contributed by atoms with Crippen LogP contribution in [-0.4, -0.2) is 19.1 Å². The molecule has 1 aliphatic rings. The monoisotopic (exact) mass is 266 g/mol. The summed E-state index contributed by atoms with van der Waals surface area (Å²) in [6, 6.07) is 20.0. The van der Waals surface area contributed by atoms with E-state index in [0.29, 0.717) is 0 Å². The van der Waals surface area contributed by atoms with E-state index < -0.39 is 0 Å². The van der Waals surface area contributed by atoms with Crippen molar-refractivity contribution in [2.75, 3.05) is 18.4 Å². The summed E-state index contributed by atoms with van der Waals surface area (Å²) in [5.41, 5.74) is 3.98. The molecule has 104 valence electrons. The summed E-state index contributed by atoms with van der Waals surface area (Å²) >= 11 is 0. The largest absolute Gasteiger partial charge is 0.384 e. The fraction of sp³-hybridized carbons (Fsp3) is 0.333. The van der Waals surface area contributed by atoms with Gasteiger partial charge in [-0.15, -0.1) is 0 Å². The zero-order valence-corrected chi connectivity index (χ0v) is 11.8. The van der Waals surface area contributed by atoms with Gasteiger partial charge in [0.1, 0.15) is 0 Å². The number of anilines is 1. The maximum absolute atomic E-state index is 3.55. The average Bonchev–Trinajstić information content (AvgIpc) is 3.30. The molecule has 0 aliphatic heterocycles. The Morgan fingerprint density at radius 3 is 2.40 bits per heavy atom. The summed E-state index contributed by atoms with van der Waals surface area (Å²) in [7, 11) is 0. The van der Waals surface area contributed by atoms with Crippen molar-refractivity contribution in [3.8, 4) is 0 Å². The van der Waals surface area contributed by atoms with Gasteiger partial charge in [0.05, 0.1) is 0 Å². The normalized spacial score (nSPS) is 14.2. The molecule has 0 heterocycles. The number of rotatable bonds is 7. The van der Waals surface area contributed by atoms with Crippen LogP contribution in [0, 0.1) is 0 Å². The van der Waals surface area contributed by atoms with Crippen LogP contribution in [-0.2, 0) is 6.42 Å². The highest BCUT2D eigenvalue weighted by Gasteiger charge is 2.19. The lowest BCUT2D eigenvalue weighted by Gasteiger charge is -2.12. The minimum absolute atomic E-state index is 0.788. The van der Waals surface area contributed by atoms with Crippen molar-refractivity contribution in [2.24, 2.45) is 0 Å². The summed E-state index contributed by atoms with van der Waals surface area (Å²) in [4.78, 5) is 0. The smallest absolute Gasteiger partial charge is 0.0376 e. The first kappa shape index (κ1) is 13.2. The highest BCUT2D eigenvalue weighted by atomic mass is 15.0. The van der Waals surface area contributed by atoms with Gasteiger partial charge >= 0.3 is 0 Å². The Morgan fingerprint density at radius 2 is 1.60 bits per heavy atom. The van der Waals surface area contributed by atoms with E-state index >= 15 is 0 Å². The highest BCUT2D eigenvalue weighted by Crippen LogP contribution is 2.20. The average molecular weight is 266 g/mol. The van der Waals surface area contributed by atoms with Gasteiger partial charge in [0, 0.05) is 24.8 Å². The predicted octanol–water partition coefficient (Wildman–Crippen LogP) is 3.44. The van der Waals surface area contributed by atoms with Crippen LogP contribution in [0.15, 0.2) is 54.6 Å². The molecule has 0 bridgehead atoms. The van der Waals surface area contributed by atoms with E-state index in [0.717, 1.165) is 25.6 Å². The van der Waals surface area contributed by atoms with Crippen molar-refractivity contribution in [3.05, 3.63) is 65.7 Å². The number of nitrogens with one attached hydrogen (secondary N) is 2. The van der Waals surface area contributed by atoms with Crippen molar-refractivity contribution < 1.29 is 0 Å². The van der Waals surface area contributed by atoms with Gasteiger partial charge in [0.15, 0.2) is 0 Å². The number of hydrogen-bond acceptors (Lipinski definition) is 2. The molecule has 2 heteroatoms. The molecule has 1 aliphatic carbocycles. The summed E-state index contributed by atoms with van der Waals surface area (Å²) in [6.07, 6.45) is 3.69. The zero-order valence-electron chi connectivity index (χ0n) is 11.8. The highest BCUT2D eigenvalue weighted by molar-refractivity contribution is 5.52. The first-order valence-corrected chi connectivity index (χ1v) is 7.51. The van der Waals surface area contributed by atoms with Gasteiger partial charge in [-0.25, -0.2) is 0 Å². The molecule has 0 unspecified atom stereocenters. The quantitative estimate of drug-likeness (QED) is 0.750. The van der Waals surface area contributed by atoms with Crippen LogP contribution in [0.4, 0.5) is 5.69 Å². The molecule has 0 aromatic heterocycles. The Hall–Kier alpha value is -1.80. The molecule has 0 atom stereocenters. The Morgan fingerprint density at radius 1 is 0.850 bits per heavy atom. The summed E-state index contributed by atoms with van der Waals surface area (Å²) in [5.74, 6) is 0. The van der Waals surface area contributed by atoms with E-state index in [4.69, 9.17) is 0 Å². The minimum Gasteiger partial charge on any atom is -0.384 e. The molecule has 2 aromatic carbocycles. The van der Waals surface area contributed by atoms with Gasteiger partial charge in [-0.3, -0.25) is 0 Å². The molecule has 1 fully saturated rings. The third-order valence-electron chi connectivity index (χ3n) is 3.71. The molecule has 2 nitrogen and oxygen atoms in total. The first-order chi connectivity index (χ1) is 9.92. The molecular weight excluding hydrogens is 244 g/mol. The van der Waals surface area contributed by atoms with Crippen molar-refractivity contribution in [3.63, 3.8) is 0 Å². The third-order valence-corrected chi connectivity index (χ3v) is 3.71. The van der Waals surface area contributed by atoms with E-state index in [1.165, 1.54) is 29.7 Å².